The summed E-state index contributed by atoms with van der Waals surface area (Å²) in [6.45, 7) is 9.44. The van der Waals surface area contributed by atoms with Gasteiger partial charge in [-0.3, -0.25) is 0 Å². The second-order valence-corrected chi connectivity index (χ2v) is 5.62. The molecule has 0 bridgehead atoms. The highest BCUT2D eigenvalue weighted by Crippen LogP contribution is 2.18. The van der Waals surface area contributed by atoms with E-state index in [9.17, 15) is 8.78 Å². The number of rotatable bonds is 5. The molecule has 1 unspecified atom stereocenters. The van der Waals surface area contributed by atoms with Crippen LogP contribution in [0.4, 0.5) is 8.78 Å². The van der Waals surface area contributed by atoms with Gasteiger partial charge in [0.05, 0.1) is 6.61 Å². The van der Waals surface area contributed by atoms with Crippen molar-refractivity contribution in [2.24, 2.45) is 5.92 Å². The molecule has 0 aromatic heterocycles. The summed E-state index contributed by atoms with van der Waals surface area (Å²) in [5.74, 6) is -0.916. The van der Waals surface area contributed by atoms with E-state index in [-0.39, 0.29) is 17.2 Å². The van der Waals surface area contributed by atoms with E-state index < -0.39 is 11.6 Å². The summed E-state index contributed by atoms with van der Waals surface area (Å²) in [6, 6.07) is 3.33. The van der Waals surface area contributed by atoms with Gasteiger partial charge in [-0.05, 0) is 32.9 Å². The number of hydrogen-bond acceptors (Lipinski definition) is 2. The summed E-state index contributed by atoms with van der Waals surface area (Å²) in [6.07, 6.45) is 0. The first-order valence-electron chi connectivity index (χ1n) is 6.11. The van der Waals surface area contributed by atoms with Crippen molar-refractivity contribution >= 4 is 0 Å². The highest BCUT2D eigenvalue weighted by molar-refractivity contribution is 5.24. The van der Waals surface area contributed by atoms with Crippen LogP contribution >= 0.6 is 0 Å². The molecule has 0 amide bonds. The maximum atomic E-state index is 13.3. The van der Waals surface area contributed by atoms with Crippen LogP contribution in [0, 0.1) is 17.6 Å². The molecule has 0 heterocycles. The molecule has 0 spiro atoms. The van der Waals surface area contributed by atoms with Crippen LogP contribution in [0.2, 0.25) is 0 Å². The van der Waals surface area contributed by atoms with Gasteiger partial charge in [0.15, 0.2) is 11.6 Å². The molecule has 0 aliphatic carbocycles. The fourth-order valence-electron chi connectivity index (χ4n) is 1.36. The van der Waals surface area contributed by atoms with Gasteiger partial charge < -0.3 is 10.1 Å². The van der Waals surface area contributed by atoms with Crippen LogP contribution in [0.25, 0.3) is 0 Å². The quantitative estimate of drug-likeness (QED) is 0.873. The van der Waals surface area contributed by atoms with Crippen molar-refractivity contribution in [2.45, 2.75) is 33.2 Å². The average molecular weight is 257 g/mol. The van der Waals surface area contributed by atoms with Gasteiger partial charge in [0.25, 0.3) is 0 Å². The molecule has 1 rings (SSSR count). The Labute approximate surface area is 107 Å². The lowest BCUT2D eigenvalue weighted by Gasteiger charge is -2.23. The van der Waals surface area contributed by atoms with Gasteiger partial charge in [-0.15, -0.1) is 0 Å². The summed E-state index contributed by atoms with van der Waals surface area (Å²) in [4.78, 5) is 0. The van der Waals surface area contributed by atoms with Gasteiger partial charge in [-0.25, -0.2) is 8.78 Å². The minimum Gasteiger partial charge on any atom is -0.490 e. The van der Waals surface area contributed by atoms with E-state index >= 15 is 0 Å². The summed E-state index contributed by atoms with van der Waals surface area (Å²) >= 11 is 0. The SMILES string of the molecule is CC(CNC(C)(C)C)COc1ccc(F)cc1F. The summed E-state index contributed by atoms with van der Waals surface area (Å²) < 4.78 is 31.3. The van der Waals surface area contributed by atoms with Crippen molar-refractivity contribution in [1.29, 1.82) is 0 Å². The number of ether oxygens (including phenoxy) is 1. The Morgan fingerprint density at radius 2 is 1.94 bits per heavy atom. The molecule has 1 N–H and O–H groups in total. The van der Waals surface area contributed by atoms with E-state index in [4.69, 9.17) is 4.74 Å². The van der Waals surface area contributed by atoms with E-state index in [0.717, 1.165) is 12.6 Å². The van der Waals surface area contributed by atoms with Gasteiger partial charge in [0, 0.05) is 24.1 Å². The first kappa shape index (κ1) is 14.9. The second-order valence-electron chi connectivity index (χ2n) is 5.62. The van der Waals surface area contributed by atoms with Crippen LogP contribution in [0.15, 0.2) is 18.2 Å². The fraction of sp³-hybridized carbons (Fsp3) is 0.571. The molecular weight excluding hydrogens is 236 g/mol. The van der Waals surface area contributed by atoms with Crippen molar-refractivity contribution in [3.63, 3.8) is 0 Å². The number of halogens is 2. The molecule has 2 nitrogen and oxygen atoms in total. The van der Waals surface area contributed by atoms with Crippen molar-refractivity contribution in [3.8, 4) is 5.75 Å². The van der Waals surface area contributed by atoms with Crippen LogP contribution in [0.1, 0.15) is 27.7 Å². The molecule has 102 valence electrons. The van der Waals surface area contributed by atoms with Crippen molar-refractivity contribution < 1.29 is 13.5 Å². The minimum atomic E-state index is -0.661. The average Bonchev–Trinajstić information content (AvgIpc) is 2.24. The van der Waals surface area contributed by atoms with Crippen LogP contribution in [-0.2, 0) is 0 Å². The third kappa shape index (κ3) is 5.45. The number of benzene rings is 1. The first-order valence-corrected chi connectivity index (χ1v) is 6.11. The zero-order valence-electron chi connectivity index (χ0n) is 11.4. The molecular formula is C14H21F2NO. The Morgan fingerprint density at radius 3 is 2.50 bits per heavy atom. The van der Waals surface area contributed by atoms with Crippen molar-refractivity contribution in [3.05, 3.63) is 29.8 Å². The maximum absolute atomic E-state index is 13.3. The Hall–Kier alpha value is -1.16. The largest absolute Gasteiger partial charge is 0.490 e. The molecule has 0 radical (unpaired) electrons. The minimum absolute atomic E-state index is 0.0510. The normalized spacial score (nSPS) is 13.4. The molecule has 0 saturated carbocycles. The van der Waals surface area contributed by atoms with Crippen LogP contribution in [0.3, 0.4) is 0 Å². The lowest BCUT2D eigenvalue weighted by atomic mass is 10.1. The lowest BCUT2D eigenvalue weighted by molar-refractivity contribution is 0.235. The molecule has 0 fully saturated rings. The standard InChI is InChI=1S/C14H21F2NO/c1-10(8-17-14(2,3)4)9-18-13-6-5-11(15)7-12(13)16/h5-7,10,17H,8-9H2,1-4H3. The highest BCUT2D eigenvalue weighted by Gasteiger charge is 2.12. The van der Waals surface area contributed by atoms with Gasteiger partial charge >= 0.3 is 0 Å². The zero-order chi connectivity index (χ0) is 13.8. The third-order valence-electron chi connectivity index (χ3n) is 2.40. The molecule has 0 saturated heterocycles. The molecule has 1 atom stereocenters. The summed E-state index contributed by atoms with van der Waals surface area (Å²) in [5, 5.41) is 3.35. The molecule has 1 aromatic rings. The van der Waals surface area contributed by atoms with Crippen LogP contribution < -0.4 is 10.1 Å². The Bertz CT molecular complexity index is 388. The Balaban J connectivity index is 2.40. The first-order chi connectivity index (χ1) is 8.28. The molecule has 4 heteroatoms. The van der Waals surface area contributed by atoms with Crippen LogP contribution in [0.5, 0.6) is 5.75 Å². The Morgan fingerprint density at radius 1 is 1.28 bits per heavy atom. The number of hydrogen-bond donors (Lipinski definition) is 1. The van der Waals surface area contributed by atoms with E-state index in [1.807, 2.05) is 6.92 Å². The summed E-state index contributed by atoms with van der Waals surface area (Å²) in [7, 11) is 0. The smallest absolute Gasteiger partial charge is 0.167 e. The number of nitrogens with one attached hydrogen (secondary N) is 1. The third-order valence-corrected chi connectivity index (χ3v) is 2.40. The van der Waals surface area contributed by atoms with Gasteiger partial charge in [-0.1, -0.05) is 6.92 Å². The predicted molar refractivity (Wildman–Crippen MR) is 68.8 cm³/mol. The van der Waals surface area contributed by atoms with Crippen LogP contribution in [-0.4, -0.2) is 18.7 Å². The van der Waals surface area contributed by atoms with E-state index in [0.29, 0.717) is 6.61 Å². The predicted octanol–water partition coefficient (Wildman–Crippen LogP) is 3.37. The molecule has 0 aliphatic heterocycles. The van der Waals surface area contributed by atoms with Crippen molar-refractivity contribution in [2.75, 3.05) is 13.2 Å². The highest BCUT2D eigenvalue weighted by atomic mass is 19.1. The van der Waals surface area contributed by atoms with E-state index in [1.165, 1.54) is 12.1 Å². The molecule has 0 aliphatic rings. The van der Waals surface area contributed by atoms with Gasteiger partial charge in [-0.2, -0.15) is 0 Å². The topological polar surface area (TPSA) is 21.3 Å². The van der Waals surface area contributed by atoms with Gasteiger partial charge in [0.2, 0.25) is 0 Å². The van der Waals surface area contributed by atoms with Crippen molar-refractivity contribution in [1.82, 2.24) is 5.32 Å². The van der Waals surface area contributed by atoms with E-state index in [1.54, 1.807) is 0 Å². The molecule has 18 heavy (non-hydrogen) atoms. The Kier molecular flexibility index (Phi) is 5.08. The van der Waals surface area contributed by atoms with Gasteiger partial charge in [0.1, 0.15) is 5.82 Å². The maximum Gasteiger partial charge on any atom is 0.167 e. The summed E-state index contributed by atoms with van der Waals surface area (Å²) in [5.41, 5.74) is 0.0510. The monoisotopic (exact) mass is 257 g/mol. The lowest BCUT2D eigenvalue weighted by Crippen LogP contribution is -2.39. The molecule has 1 aromatic carbocycles. The second kappa shape index (κ2) is 6.14. The van der Waals surface area contributed by atoms with E-state index in [2.05, 4.69) is 26.1 Å². The zero-order valence-corrected chi connectivity index (χ0v) is 11.4. The fourth-order valence-corrected chi connectivity index (χ4v) is 1.36.